The van der Waals surface area contributed by atoms with Gasteiger partial charge in [0.15, 0.2) is 5.82 Å². The molecule has 1 fully saturated rings. The van der Waals surface area contributed by atoms with Crippen LogP contribution in [-0.4, -0.2) is 22.6 Å². The van der Waals surface area contributed by atoms with Crippen LogP contribution in [0.25, 0.3) is 21.7 Å². The van der Waals surface area contributed by atoms with Crippen molar-refractivity contribution in [3.63, 3.8) is 0 Å². The summed E-state index contributed by atoms with van der Waals surface area (Å²) in [5.41, 5.74) is 6.73. The van der Waals surface area contributed by atoms with Crippen LogP contribution in [0, 0.1) is 13.8 Å². The molecular formula is C31H32ClN3. The normalized spacial score (nSPS) is 15.9. The van der Waals surface area contributed by atoms with Crippen molar-refractivity contribution in [2.45, 2.75) is 39.2 Å². The van der Waals surface area contributed by atoms with Crippen LogP contribution in [0.2, 0.25) is 0 Å². The first kappa shape index (κ1) is 23.4. The fourth-order valence-corrected chi connectivity index (χ4v) is 5.69. The Bertz CT molecular complexity index is 1470. The standard InChI is InChI=1S/C31H31N3.ClH/c1-22-23(2)34(20-24-14-15-26-11-6-7-12-27(26)19-24)30-29(22)16-17-32-31(30)33-18-8-13-28(21-33)25-9-4-3-5-10-25;/h3-7,9-12,14-17,19,28H,8,13,18,20-21H2,1-2H3;1H. The maximum Gasteiger partial charge on any atom is 0.153 e. The summed E-state index contributed by atoms with van der Waals surface area (Å²) in [5.74, 6) is 1.69. The van der Waals surface area contributed by atoms with Gasteiger partial charge < -0.3 is 9.47 Å². The van der Waals surface area contributed by atoms with E-state index >= 15 is 0 Å². The fourth-order valence-electron chi connectivity index (χ4n) is 5.69. The SMILES string of the molecule is Cc1c(C)n(Cc2ccc3ccccc3c2)c2c(N3CCCC(c4ccccc4)C3)nccc12.Cl. The number of rotatable bonds is 4. The molecule has 5 aromatic rings. The Kier molecular flexibility index (Phi) is 6.53. The number of aryl methyl sites for hydroxylation is 1. The predicted octanol–water partition coefficient (Wildman–Crippen LogP) is 7.66. The Hall–Kier alpha value is -3.30. The van der Waals surface area contributed by atoms with E-state index in [-0.39, 0.29) is 12.4 Å². The molecule has 6 rings (SSSR count). The van der Waals surface area contributed by atoms with Gasteiger partial charge in [0.25, 0.3) is 0 Å². The average Bonchev–Trinajstić information content (AvgIpc) is 3.14. The number of hydrogen-bond acceptors (Lipinski definition) is 2. The lowest BCUT2D eigenvalue weighted by molar-refractivity contribution is 0.507. The molecule has 0 spiro atoms. The number of pyridine rings is 1. The zero-order valence-corrected chi connectivity index (χ0v) is 21.3. The maximum atomic E-state index is 4.97. The fraction of sp³-hybridized carbons (Fsp3) is 0.258. The minimum atomic E-state index is 0. The lowest BCUT2D eigenvalue weighted by Crippen LogP contribution is -2.35. The van der Waals surface area contributed by atoms with Gasteiger partial charge in [0.2, 0.25) is 0 Å². The Labute approximate surface area is 213 Å². The van der Waals surface area contributed by atoms with Gasteiger partial charge in [0.1, 0.15) is 0 Å². The van der Waals surface area contributed by atoms with Gasteiger partial charge >= 0.3 is 0 Å². The lowest BCUT2D eigenvalue weighted by atomic mass is 9.90. The van der Waals surface area contributed by atoms with Crippen LogP contribution in [-0.2, 0) is 6.54 Å². The second-order valence-corrected chi connectivity index (χ2v) is 9.70. The molecule has 0 radical (unpaired) electrons. The molecule has 4 heteroatoms. The zero-order valence-electron chi connectivity index (χ0n) is 20.4. The van der Waals surface area contributed by atoms with Gasteiger partial charge in [-0.1, -0.05) is 66.7 Å². The predicted molar refractivity (Wildman–Crippen MR) is 150 cm³/mol. The summed E-state index contributed by atoms with van der Waals surface area (Å²) < 4.78 is 2.49. The first-order chi connectivity index (χ1) is 16.7. The number of anilines is 1. The number of fused-ring (bicyclic) bond motifs is 2. The highest BCUT2D eigenvalue weighted by molar-refractivity contribution is 5.94. The van der Waals surface area contributed by atoms with Crippen molar-refractivity contribution in [3.05, 3.63) is 107 Å². The summed E-state index contributed by atoms with van der Waals surface area (Å²) in [6.45, 7) is 7.45. The molecule has 1 aliphatic rings. The third-order valence-electron chi connectivity index (χ3n) is 7.67. The highest BCUT2D eigenvalue weighted by atomic mass is 35.5. The highest BCUT2D eigenvalue weighted by Crippen LogP contribution is 2.36. The number of benzene rings is 3. The summed E-state index contributed by atoms with van der Waals surface area (Å²) in [6.07, 6.45) is 4.43. The first-order valence-corrected chi connectivity index (χ1v) is 12.4. The summed E-state index contributed by atoms with van der Waals surface area (Å²) in [7, 11) is 0. The monoisotopic (exact) mass is 481 g/mol. The van der Waals surface area contributed by atoms with E-state index in [2.05, 4.69) is 102 Å². The minimum absolute atomic E-state index is 0. The first-order valence-electron chi connectivity index (χ1n) is 12.4. The lowest BCUT2D eigenvalue weighted by Gasteiger charge is -2.34. The second kappa shape index (κ2) is 9.75. The summed E-state index contributed by atoms with van der Waals surface area (Å²) >= 11 is 0. The highest BCUT2D eigenvalue weighted by Gasteiger charge is 2.25. The van der Waals surface area contributed by atoms with Gasteiger partial charge in [-0.3, -0.25) is 0 Å². The van der Waals surface area contributed by atoms with E-state index in [1.165, 1.54) is 56.9 Å². The third kappa shape index (κ3) is 4.30. The van der Waals surface area contributed by atoms with E-state index in [9.17, 15) is 0 Å². The van der Waals surface area contributed by atoms with E-state index in [0.29, 0.717) is 5.92 Å². The molecule has 1 saturated heterocycles. The number of halogens is 1. The van der Waals surface area contributed by atoms with Gasteiger partial charge in [-0.25, -0.2) is 4.98 Å². The molecule has 2 aromatic heterocycles. The minimum Gasteiger partial charge on any atom is -0.354 e. The van der Waals surface area contributed by atoms with E-state index < -0.39 is 0 Å². The van der Waals surface area contributed by atoms with Gasteiger partial charge in [-0.2, -0.15) is 0 Å². The molecule has 3 aromatic carbocycles. The van der Waals surface area contributed by atoms with Gasteiger partial charge in [0.05, 0.1) is 5.52 Å². The molecule has 1 atom stereocenters. The molecule has 0 amide bonds. The molecule has 0 aliphatic carbocycles. The maximum absolute atomic E-state index is 4.97. The number of piperidine rings is 1. The molecule has 178 valence electrons. The Balaban J connectivity index is 0.00000253. The van der Waals surface area contributed by atoms with Gasteiger partial charge in [-0.15, -0.1) is 12.4 Å². The van der Waals surface area contributed by atoms with Crippen LogP contribution in [0.4, 0.5) is 5.82 Å². The van der Waals surface area contributed by atoms with E-state index in [4.69, 9.17) is 4.98 Å². The number of nitrogens with zero attached hydrogens (tertiary/aromatic N) is 3. The largest absolute Gasteiger partial charge is 0.354 e. The molecule has 0 N–H and O–H groups in total. The summed E-state index contributed by atoms with van der Waals surface area (Å²) in [5, 5.41) is 3.91. The molecule has 0 bridgehead atoms. The van der Waals surface area contributed by atoms with E-state index in [0.717, 1.165) is 25.5 Å². The van der Waals surface area contributed by atoms with Crippen molar-refractivity contribution >= 4 is 39.9 Å². The van der Waals surface area contributed by atoms with Crippen molar-refractivity contribution in [2.24, 2.45) is 0 Å². The van der Waals surface area contributed by atoms with Crippen LogP contribution in [0.1, 0.15) is 41.1 Å². The zero-order chi connectivity index (χ0) is 23.1. The topological polar surface area (TPSA) is 21.1 Å². The van der Waals surface area contributed by atoms with Crippen molar-refractivity contribution < 1.29 is 0 Å². The third-order valence-corrected chi connectivity index (χ3v) is 7.67. The smallest absolute Gasteiger partial charge is 0.153 e. The Morgan fingerprint density at radius 2 is 1.66 bits per heavy atom. The quantitative estimate of drug-likeness (QED) is 0.262. The molecule has 1 aliphatic heterocycles. The number of hydrogen-bond donors (Lipinski definition) is 0. The van der Waals surface area contributed by atoms with Crippen LogP contribution in [0.3, 0.4) is 0 Å². The van der Waals surface area contributed by atoms with Crippen LogP contribution in [0.15, 0.2) is 85.1 Å². The molecule has 3 nitrogen and oxygen atoms in total. The van der Waals surface area contributed by atoms with Crippen molar-refractivity contribution in [3.8, 4) is 0 Å². The van der Waals surface area contributed by atoms with Gasteiger partial charge in [-0.05, 0) is 66.3 Å². The summed E-state index contributed by atoms with van der Waals surface area (Å²) in [4.78, 5) is 7.50. The molecule has 3 heterocycles. The van der Waals surface area contributed by atoms with Gasteiger partial charge in [0, 0.05) is 42.8 Å². The molecule has 1 unspecified atom stereocenters. The van der Waals surface area contributed by atoms with E-state index in [1.54, 1.807) is 0 Å². The number of aromatic nitrogens is 2. The van der Waals surface area contributed by atoms with Crippen LogP contribution >= 0.6 is 12.4 Å². The average molecular weight is 482 g/mol. The Morgan fingerprint density at radius 3 is 2.49 bits per heavy atom. The van der Waals surface area contributed by atoms with Crippen molar-refractivity contribution in [2.75, 3.05) is 18.0 Å². The van der Waals surface area contributed by atoms with E-state index in [1.807, 2.05) is 6.20 Å². The molecule has 35 heavy (non-hydrogen) atoms. The van der Waals surface area contributed by atoms with Crippen LogP contribution in [0.5, 0.6) is 0 Å². The molecule has 0 saturated carbocycles. The molecular weight excluding hydrogens is 450 g/mol. The second-order valence-electron chi connectivity index (χ2n) is 9.70. The van der Waals surface area contributed by atoms with Crippen molar-refractivity contribution in [1.82, 2.24) is 9.55 Å². The van der Waals surface area contributed by atoms with Crippen molar-refractivity contribution in [1.29, 1.82) is 0 Å². The summed E-state index contributed by atoms with van der Waals surface area (Å²) in [6, 6.07) is 28.6. The van der Waals surface area contributed by atoms with Crippen LogP contribution < -0.4 is 4.90 Å². The Morgan fingerprint density at radius 1 is 0.886 bits per heavy atom.